The topological polar surface area (TPSA) is 84.0 Å². The molecule has 0 amide bonds. The van der Waals surface area contributed by atoms with Crippen LogP contribution in [0.2, 0.25) is 0 Å². The molecule has 1 aliphatic carbocycles. The van der Waals surface area contributed by atoms with E-state index in [0.717, 1.165) is 19.6 Å². The first kappa shape index (κ1) is 12.7. The Bertz CT molecular complexity index is 463. The fraction of sp³-hybridized carbons (Fsp3) is 0.538. The minimum atomic E-state index is 0.325. The van der Waals surface area contributed by atoms with Crippen LogP contribution in [0.5, 0.6) is 0 Å². The van der Waals surface area contributed by atoms with Gasteiger partial charge in [-0.1, -0.05) is 0 Å². The highest BCUT2D eigenvalue weighted by Crippen LogP contribution is 2.48. The predicted octanol–water partition coefficient (Wildman–Crippen LogP) is 1.76. The molecule has 1 fully saturated rings. The number of nitrogens with two attached hydrogens (primary N) is 1. The number of hydrogen-bond donors (Lipinski definition) is 2. The Balaban J connectivity index is 1.96. The Hall–Kier alpha value is -1.80. The molecule has 0 aromatic carbocycles. The molecule has 1 aromatic heterocycles. The minimum Gasteiger partial charge on any atom is -0.397 e. The predicted molar refractivity (Wildman–Crippen MR) is 70.0 cm³/mol. The third-order valence-electron chi connectivity index (χ3n) is 3.45. The van der Waals surface area contributed by atoms with Crippen LogP contribution in [0.15, 0.2) is 12.3 Å². The van der Waals surface area contributed by atoms with Crippen LogP contribution in [0.1, 0.15) is 24.8 Å². The van der Waals surface area contributed by atoms with Crippen LogP contribution in [-0.2, 0) is 4.74 Å². The molecule has 0 bridgehead atoms. The summed E-state index contributed by atoms with van der Waals surface area (Å²) >= 11 is 0. The Morgan fingerprint density at radius 2 is 2.39 bits per heavy atom. The Labute approximate surface area is 107 Å². The first-order valence-electron chi connectivity index (χ1n) is 6.07. The summed E-state index contributed by atoms with van der Waals surface area (Å²) in [7, 11) is 1.72. The fourth-order valence-corrected chi connectivity index (χ4v) is 1.99. The molecule has 96 valence electrons. The van der Waals surface area contributed by atoms with Crippen molar-refractivity contribution >= 4 is 11.5 Å². The van der Waals surface area contributed by atoms with E-state index in [2.05, 4.69) is 16.4 Å². The van der Waals surface area contributed by atoms with Crippen molar-refractivity contribution < 1.29 is 4.74 Å². The van der Waals surface area contributed by atoms with Gasteiger partial charge in [0.05, 0.1) is 17.4 Å². The van der Waals surface area contributed by atoms with Crippen LogP contribution >= 0.6 is 0 Å². The summed E-state index contributed by atoms with van der Waals surface area (Å²) in [5.41, 5.74) is 6.94. The summed E-state index contributed by atoms with van der Waals surface area (Å²) in [6.07, 6.45) is 5.03. The van der Waals surface area contributed by atoms with Crippen molar-refractivity contribution in [3.63, 3.8) is 0 Å². The van der Waals surface area contributed by atoms with Gasteiger partial charge in [-0.2, -0.15) is 5.26 Å². The Kier molecular flexibility index (Phi) is 3.68. The highest BCUT2D eigenvalue weighted by Gasteiger charge is 2.41. The normalized spacial score (nSPS) is 16.0. The number of ether oxygens (including phenoxy) is 1. The smallest absolute Gasteiger partial charge is 0.144 e. The molecule has 3 N–H and O–H groups in total. The number of anilines is 2. The molecule has 5 heteroatoms. The van der Waals surface area contributed by atoms with Gasteiger partial charge in [0.25, 0.3) is 0 Å². The van der Waals surface area contributed by atoms with E-state index in [4.69, 9.17) is 15.7 Å². The van der Waals surface area contributed by atoms with Crippen molar-refractivity contribution in [1.29, 1.82) is 5.26 Å². The summed E-state index contributed by atoms with van der Waals surface area (Å²) in [5, 5.41) is 12.3. The molecule has 1 aromatic rings. The number of methoxy groups -OCH3 is 1. The highest BCUT2D eigenvalue weighted by atomic mass is 16.5. The number of nitrogens with one attached hydrogen (secondary N) is 1. The van der Waals surface area contributed by atoms with E-state index in [0.29, 0.717) is 22.5 Å². The molecular weight excluding hydrogens is 228 g/mol. The van der Waals surface area contributed by atoms with E-state index in [1.54, 1.807) is 19.4 Å². The lowest BCUT2D eigenvalue weighted by Crippen LogP contribution is -2.18. The summed E-state index contributed by atoms with van der Waals surface area (Å²) in [6.45, 7) is 1.61. The van der Waals surface area contributed by atoms with E-state index in [-0.39, 0.29) is 0 Å². The maximum atomic E-state index is 9.02. The fourth-order valence-electron chi connectivity index (χ4n) is 1.99. The second-order valence-corrected chi connectivity index (χ2v) is 4.87. The Morgan fingerprint density at radius 1 is 1.61 bits per heavy atom. The molecular formula is C13H18N4O. The van der Waals surface area contributed by atoms with Crippen molar-refractivity contribution in [2.75, 3.05) is 31.3 Å². The molecule has 2 rings (SSSR count). The maximum Gasteiger partial charge on any atom is 0.144 e. The van der Waals surface area contributed by atoms with Crippen molar-refractivity contribution in [3.8, 4) is 6.07 Å². The van der Waals surface area contributed by atoms with Crippen LogP contribution in [-0.4, -0.2) is 25.2 Å². The van der Waals surface area contributed by atoms with Gasteiger partial charge in [-0.25, -0.2) is 4.98 Å². The van der Waals surface area contributed by atoms with E-state index < -0.39 is 0 Å². The first-order chi connectivity index (χ1) is 8.69. The number of aromatic nitrogens is 1. The molecule has 1 aliphatic rings. The lowest BCUT2D eigenvalue weighted by molar-refractivity contribution is 0.175. The maximum absolute atomic E-state index is 9.02. The average Bonchev–Trinajstić information content (AvgIpc) is 3.15. The van der Waals surface area contributed by atoms with Crippen molar-refractivity contribution in [3.05, 3.63) is 17.8 Å². The first-order valence-corrected chi connectivity index (χ1v) is 6.07. The summed E-state index contributed by atoms with van der Waals surface area (Å²) < 4.78 is 5.12. The van der Waals surface area contributed by atoms with Crippen LogP contribution in [0.4, 0.5) is 11.5 Å². The second-order valence-electron chi connectivity index (χ2n) is 4.87. The zero-order valence-corrected chi connectivity index (χ0v) is 10.6. The number of nitriles is 1. The Morgan fingerprint density at radius 3 is 3.00 bits per heavy atom. The van der Waals surface area contributed by atoms with Gasteiger partial charge in [-0.15, -0.1) is 0 Å². The van der Waals surface area contributed by atoms with Gasteiger partial charge in [0.1, 0.15) is 11.9 Å². The lowest BCUT2D eigenvalue weighted by atomic mass is 10.0. The molecule has 0 radical (unpaired) electrons. The standard InChI is InChI=1S/C13H18N4O/c1-18-5-4-13(2-3-13)9-17-12-10(7-14)6-11(15)8-16-12/h6,8H,2-5,9,15H2,1H3,(H,16,17). The van der Waals surface area contributed by atoms with E-state index in [1.165, 1.54) is 12.8 Å². The summed E-state index contributed by atoms with van der Waals surface area (Å²) in [5.74, 6) is 0.621. The van der Waals surface area contributed by atoms with Gasteiger partial charge >= 0.3 is 0 Å². The number of nitrogens with zero attached hydrogens (tertiary/aromatic N) is 2. The van der Waals surface area contributed by atoms with Gasteiger partial charge in [-0.05, 0) is 30.7 Å². The molecule has 0 unspecified atom stereocenters. The molecule has 18 heavy (non-hydrogen) atoms. The van der Waals surface area contributed by atoms with Gasteiger partial charge in [0.15, 0.2) is 0 Å². The summed E-state index contributed by atoms with van der Waals surface area (Å²) in [6, 6.07) is 3.75. The van der Waals surface area contributed by atoms with Gasteiger partial charge < -0.3 is 15.8 Å². The van der Waals surface area contributed by atoms with Crippen LogP contribution in [0, 0.1) is 16.7 Å². The second kappa shape index (κ2) is 5.23. The number of nitrogen functional groups attached to an aromatic ring is 1. The SMILES string of the molecule is COCCC1(CNc2ncc(N)cc2C#N)CC1. The van der Waals surface area contributed by atoms with Gasteiger partial charge in [-0.3, -0.25) is 0 Å². The zero-order chi connectivity index (χ0) is 13.0. The zero-order valence-electron chi connectivity index (χ0n) is 10.6. The van der Waals surface area contributed by atoms with Crippen molar-refractivity contribution in [1.82, 2.24) is 4.98 Å². The third-order valence-corrected chi connectivity index (χ3v) is 3.45. The number of rotatable bonds is 6. The van der Waals surface area contributed by atoms with Gasteiger partial charge in [0.2, 0.25) is 0 Å². The van der Waals surface area contributed by atoms with Crippen LogP contribution < -0.4 is 11.1 Å². The summed E-state index contributed by atoms with van der Waals surface area (Å²) in [4.78, 5) is 4.17. The molecule has 0 aliphatic heterocycles. The van der Waals surface area contributed by atoms with Crippen molar-refractivity contribution in [2.45, 2.75) is 19.3 Å². The molecule has 1 heterocycles. The molecule has 5 nitrogen and oxygen atoms in total. The number of hydrogen-bond acceptors (Lipinski definition) is 5. The quantitative estimate of drug-likeness (QED) is 0.799. The average molecular weight is 246 g/mol. The van der Waals surface area contributed by atoms with Crippen molar-refractivity contribution in [2.24, 2.45) is 5.41 Å². The molecule has 0 saturated heterocycles. The molecule has 0 atom stereocenters. The van der Waals surface area contributed by atoms with Crippen LogP contribution in [0.3, 0.4) is 0 Å². The van der Waals surface area contributed by atoms with E-state index in [1.807, 2.05) is 0 Å². The van der Waals surface area contributed by atoms with E-state index in [9.17, 15) is 0 Å². The number of pyridine rings is 1. The minimum absolute atomic E-state index is 0.325. The molecule has 1 saturated carbocycles. The lowest BCUT2D eigenvalue weighted by Gasteiger charge is -2.16. The molecule has 0 spiro atoms. The highest BCUT2D eigenvalue weighted by molar-refractivity contribution is 5.57. The van der Waals surface area contributed by atoms with Gasteiger partial charge in [0, 0.05) is 20.3 Å². The third kappa shape index (κ3) is 2.90. The largest absolute Gasteiger partial charge is 0.397 e. The van der Waals surface area contributed by atoms with Crippen LogP contribution in [0.25, 0.3) is 0 Å². The van der Waals surface area contributed by atoms with E-state index >= 15 is 0 Å². The monoisotopic (exact) mass is 246 g/mol.